The number of alkyl halides is 3. The largest absolute Gasteiger partial charge is 0.384 e. The molecule has 0 unspecified atom stereocenters. The third-order valence-corrected chi connectivity index (χ3v) is 2.37. The highest BCUT2D eigenvalue weighted by Gasteiger charge is 2.34. The summed E-state index contributed by atoms with van der Waals surface area (Å²) in [6.45, 7) is 0.692. The van der Waals surface area contributed by atoms with Crippen LogP contribution in [0.1, 0.15) is 0 Å². The van der Waals surface area contributed by atoms with Crippen molar-refractivity contribution in [3.05, 3.63) is 11.1 Å². The van der Waals surface area contributed by atoms with Gasteiger partial charge in [-0.05, 0) is 11.6 Å². The summed E-state index contributed by atoms with van der Waals surface area (Å²) in [6.07, 6.45) is 0.838. The third-order valence-electron chi connectivity index (χ3n) is 1.20. The van der Waals surface area contributed by atoms with Gasteiger partial charge in [-0.15, -0.1) is 11.8 Å². The average molecular weight is 214 g/mol. The molecule has 0 atom stereocenters. The van der Waals surface area contributed by atoms with Crippen molar-refractivity contribution in [2.24, 2.45) is 0 Å². The lowest BCUT2D eigenvalue weighted by Crippen LogP contribution is -2.20. The molecule has 12 heavy (non-hydrogen) atoms. The number of halogens is 3. The lowest BCUT2D eigenvalue weighted by atomic mass is 10.4. The Morgan fingerprint density at radius 3 is 2.83 bits per heavy atom. The zero-order chi connectivity index (χ0) is 9.19. The molecule has 68 valence electrons. The Hall–Kier alpha value is -0.290. The molecule has 1 aliphatic heterocycles. The van der Waals surface area contributed by atoms with Gasteiger partial charge >= 0.3 is 5.38 Å². The van der Waals surface area contributed by atoms with Crippen molar-refractivity contribution in [2.75, 3.05) is 12.3 Å². The van der Waals surface area contributed by atoms with E-state index in [9.17, 15) is 13.6 Å². The van der Waals surface area contributed by atoms with Crippen molar-refractivity contribution >= 4 is 29.1 Å². The van der Waals surface area contributed by atoms with Gasteiger partial charge in [-0.25, -0.2) is 0 Å². The van der Waals surface area contributed by atoms with Crippen LogP contribution in [0, 0.1) is 0 Å². The maximum absolute atomic E-state index is 12.1. The molecular formula is C6H6ClF2NOS. The van der Waals surface area contributed by atoms with Crippen LogP contribution in [-0.4, -0.2) is 23.5 Å². The number of hydrogen-bond acceptors (Lipinski definition) is 3. The number of rotatable bonds is 2. The minimum atomic E-state index is -3.78. The molecule has 2 nitrogen and oxygen atoms in total. The van der Waals surface area contributed by atoms with E-state index in [1.165, 1.54) is 11.8 Å². The summed E-state index contributed by atoms with van der Waals surface area (Å²) < 4.78 is 24.2. The second kappa shape index (κ2) is 3.62. The minimum absolute atomic E-state index is 0.459. The van der Waals surface area contributed by atoms with Crippen LogP contribution in [0.2, 0.25) is 0 Å². The van der Waals surface area contributed by atoms with E-state index < -0.39 is 11.2 Å². The Morgan fingerprint density at radius 1 is 1.75 bits per heavy atom. The van der Waals surface area contributed by atoms with Gasteiger partial charge in [-0.1, -0.05) is 0 Å². The van der Waals surface area contributed by atoms with Crippen LogP contribution in [0.15, 0.2) is 11.1 Å². The van der Waals surface area contributed by atoms with Crippen molar-refractivity contribution in [2.45, 2.75) is 5.38 Å². The van der Waals surface area contributed by atoms with Gasteiger partial charge in [0.05, 0.1) is 5.03 Å². The molecule has 1 saturated heterocycles. The standard InChI is InChI=1S/C6H6ClF2NOS/c7-6(8,9)4(11)3-5-10-1-2-12-5/h3,10H,1-2H2. The van der Waals surface area contributed by atoms with Gasteiger partial charge in [-0.2, -0.15) is 8.78 Å². The van der Waals surface area contributed by atoms with Gasteiger partial charge in [0.25, 0.3) is 0 Å². The fourth-order valence-electron chi connectivity index (χ4n) is 0.680. The van der Waals surface area contributed by atoms with Crippen LogP contribution in [-0.2, 0) is 4.79 Å². The SMILES string of the molecule is O=C(C=C1NCCS1)C(F)(F)Cl. The van der Waals surface area contributed by atoms with Gasteiger partial charge in [0.15, 0.2) is 0 Å². The molecule has 0 aliphatic carbocycles. The second-order valence-corrected chi connectivity index (χ2v) is 3.76. The Balaban J connectivity index is 2.60. The van der Waals surface area contributed by atoms with E-state index in [1.54, 1.807) is 0 Å². The van der Waals surface area contributed by atoms with Crippen LogP contribution >= 0.6 is 23.4 Å². The van der Waals surface area contributed by atoms with E-state index in [0.29, 0.717) is 11.6 Å². The number of carbonyl (C=O) groups excluding carboxylic acids is 1. The summed E-state index contributed by atoms with van der Waals surface area (Å²) >= 11 is 5.82. The second-order valence-electron chi connectivity index (χ2n) is 2.15. The minimum Gasteiger partial charge on any atom is -0.379 e. The highest BCUT2D eigenvalue weighted by Crippen LogP contribution is 2.24. The van der Waals surface area contributed by atoms with Gasteiger partial charge in [0.2, 0.25) is 5.78 Å². The number of carbonyl (C=O) groups is 1. The van der Waals surface area contributed by atoms with E-state index >= 15 is 0 Å². The topological polar surface area (TPSA) is 29.1 Å². The summed E-state index contributed by atoms with van der Waals surface area (Å²) in [4.78, 5) is 10.6. The van der Waals surface area contributed by atoms with E-state index in [0.717, 1.165) is 11.8 Å². The molecule has 6 heteroatoms. The third kappa shape index (κ3) is 2.64. The molecule has 1 fully saturated rings. The highest BCUT2D eigenvalue weighted by atomic mass is 35.5. The summed E-state index contributed by atoms with van der Waals surface area (Å²) in [6, 6.07) is 0. The molecule has 1 N–H and O–H groups in total. The van der Waals surface area contributed by atoms with Crippen LogP contribution in [0.25, 0.3) is 0 Å². The van der Waals surface area contributed by atoms with Gasteiger partial charge < -0.3 is 5.32 Å². The van der Waals surface area contributed by atoms with Crippen molar-refractivity contribution in [1.82, 2.24) is 5.32 Å². The predicted octanol–water partition coefficient (Wildman–Crippen LogP) is 1.56. The first-order valence-electron chi connectivity index (χ1n) is 3.19. The van der Waals surface area contributed by atoms with Gasteiger partial charge in [-0.3, -0.25) is 4.79 Å². The number of hydrogen-bond donors (Lipinski definition) is 1. The van der Waals surface area contributed by atoms with Crippen LogP contribution in [0.5, 0.6) is 0 Å². The number of thioether (sulfide) groups is 1. The molecule has 0 aromatic carbocycles. The summed E-state index contributed by atoms with van der Waals surface area (Å²) in [7, 11) is 0. The molecule has 0 radical (unpaired) electrons. The van der Waals surface area contributed by atoms with E-state index in [2.05, 4.69) is 16.9 Å². The fourth-order valence-corrected chi connectivity index (χ4v) is 1.55. The summed E-state index contributed by atoms with van der Waals surface area (Å²) in [5, 5.41) is -0.550. The average Bonchev–Trinajstić information content (AvgIpc) is 2.37. The highest BCUT2D eigenvalue weighted by molar-refractivity contribution is 8.03. The van der Waals surface area contributed by atoms with E-state index in [4.69, 9.17) is 0 Å². The van der Waals surface area contributed by atoms with E-state index in [1.807, 2.05) is 0 Å². The summed E-state index contributed by atoms with van der Waals surface area (Å²) in [5.41, 5.74) is 0. The molecule has 0 amide bonds. The molecule has 0 spiro atoms. The Morgan fingerprint density at radius 2 is 2.42 bits per heavy atom. The molecule has 1 aliphatic rings. The van der Waals surface area contributed by atoms with Crippen molar-refractivity contribution in [1.29, 1.82) is 0 Å². The molecule has 0 aromatic heterocycles. The van der Waals surface area contributed by atoms with Crippen molar-refractivity contribution in [3.8, 4) is 0 Å². The quantitative estimate of drug-likeness (QED) is 0.558. The lowest BCUT2D eigenvalue weighted by molar-refractivity contribution is -0.128. The monoisotopic (exact) mass is 213 g/mol. The van der Waals surface area contributed by atoms with Crippen LogP contribution in [0.4, 0.5) is 8.78 Å². The maximum Gasteiger partial charge on any atom is 0.384 e. The summed E-state index contributed by atoms with van der Waals surface area (Å²) in [5.74, 6) is -0.589. The smallest absolute Gasteiger partial charge is 0.379 e. The molecule has 1 heterocycles. The fraction of sp³-hybridized carbons (Fsp3) is 0.500. The number of ketones is 1. The number of allylic oxidation sites excluding steroid dienone is 1. The van der Waals surface area contributed by atoms with Crippen molar-refractivity contribution < 1.29 is 13.6 Å². The Bertz CT molecular complexity index is 218. The Kier molecular flexibility index (Phi) is 2.95. The Labute approximate surface area is 77.3 Å². The molecule has 1 rings (SSSR count). The first-order chi connectivity index (χ1) is 5.50. The molecule has 0 saturated carbocycles. The molecular weight excluding hydrogens is 208 g/mol. The van der Waals surface area contributed by atoms with Crippen LogP contribution < -0.4 is 5.32 Å². The first kappa shape index (κ1) is 9.80. The predicted molar refractivity (Wildman–Crippen MR) is 44.4 cm³/mol. The van der Waals surface area contributed by atoms with Crippen molar-refractivity contribution in [3.63, 3.8) is 0 Å². The number of nitrogens with one attached hydrogen (secondary N) is 1. The molecule has 0 bridgehead atoms. The normalized spacial score (nSPS) is 21.1. The zero-order valence-electron chi connectivity index (χ0n) is 5.94. The van der Waals surface area contributed by atoms with Gasteiger partial charge in [0.1, 0.15) is 0 Å². The maximum atomic E-state index is 12.1. The zero-order valence-corrected chi connectivity index (χ0v) is 7.51. The lowest BCUT2D eigenvalue weighted by Gasteiger charge is -2.02. The van der Waals surface area contributed by atoms with E-state index in [-0.39, 0.29) is 0 Å². The van der Waals surface area contributed by atoms with Gasteiger partial charge in [0, 0.05) is 18.4 Å². The first-order valence-corrected chi connectivity index (χ1v) is 4.56. The molecule has 0 aromatic rings. The van der Waals surface area contributed by atoms with Crippen LogP contribution in [0.3, 0.4) is 0 Å².